The van der Waals surface area contributed by atoms with Crippen molar-refractivity contribution >= 4 is 28.5 Å². The summed E-state index contributed by atoms with van der Waals surface area (Å²) in [7, 11) is 0. The highest BCUT2D eigenvalue weighted by Gasteiger charge is 2.36. The fraction of sp³-hybridized carbons (Fsp3) is 0.240. The van der Waals surface area contributed by atoms with E-state index in [9.17, 15) is 4.79 Å². The highest BCUT2D eigenvalue weighted by Crippen LogP contribution is 2.45. The van der Waals surface area contributed by atoms with Crippen molar-refractivity contribution in [3.8, 4) is 0 Å². The lowest BCUT2D eigenvalue weighted by Crippen LogP contribution is -2.26. The van der Waals surface area contributed by atoms with Crippen LogP contribution in [0, 0.1) is 0 Å². The van der Waals surface area contributed by atoms with E-state index in [0.717, 1.165) is 35.5 Å². The maximum absolute atomic E-state index is 13.4. The van der Waals surface area contributed by atoms with Gasteiger partial charge < -0.3 is 10.6 Å². The number of anilines is 2. The summed E-state index contributed by atoms with van der Waals surface area (Å²) in [5.41, 5.74) is 5.28. The lowest BCUT2D eigenvalue weighted by Gasteiger charge is -2.29. The van der Waals surface area contributed by atoms with E-state index < -0.39 is 0 Å². The molecule has 0 amide bonds. The van der Waals surface area contributed by atoms with E-state index >= 15 is 0 Å². The average Bonchev–Trinajstić information content (AvgIpc) is 3.16. The molecule has 0 bridgehead atoms. The molecule has 1 aromatic heterocycles. The Morgan fingerprint density at radius 3 is 2.45 bits per heavy atom. The van der Waals surface area contributed by atoms with Gasteiger partial charge in [0.15, 0.2) is 5.78 Å². The molecule has 146 valence electrons. The number of benzene rings is 2. The molecule has 2 aliphatic rings. The number of hydrogen-bond acceptors (Lipinski definition) is 4. The first kappa shape index (κ1) is 18.2. The summed E-state index contributed by atoms with van der Waals surface area (Å²) in [6.45, 7) is 2.17. The predicted molar refractivity (Wildman–Crippen MR) is 121 cm³/mol. The summed E-state index contributed by atoms with van der Waals surface area (Å²) in [5, 5.41) is 7.28. The Labute approximate surface area is 175 Å². The number of fused-ring (bicyclic) bond motifs is 1. The molecular weight excluding hydrogens is 376 g/mol. The van der Waals surface area contributed by atoms with Crippen molar-refractivity contribution in [3.05, 3.63) is 93.3 Å². The maximum Gasteiger partial charge on any atom is 0.163 e. The number of rotatable bonds is 3. The number of Topliss-reactive ketones (excluding diaryl/α,β-unsaturated/α-hetero) is 1. The molecular formula is C25H24N2OS. The second-order valence-corrected chi connectivity index (χ2v) is 8.94. The van der Waals surface area contributed by atoms with Crippen molar-refractivity contribution in [2.24, 2.45) is 0 Å². The number of ketones is 1. The van der Waals surface area contributed by atoms with Gasteiger partial charge in [-0.25, -0.2) is 0 Å². The quantitative estimate of drug-likeness (QED) is 0.543. The van der Waals surface area contributed by atoms with Crippen LogP contribution < -0.4 is 10.6 Å². The topological polar surface area (TPSA) is 41.1 Å². The van der Waals surface area contributed by atoms with Crippen LogP contribution in [0.25, 0.3) is 0 Å². The first-order valence-electron chi connectivity index (χ1n) is 10.3. The lowest BCUT2D eigenvalue weighted by molar-refractivity contribution is -0.116. The molecule has 5 rings (SSSR count). The van der Waals surface area contributed by atoms with E-state index in [-0.39, 0.29) is 17.7 Å². The van der Waals surface area contributed by atoms with Crippen molar-refractivity contribution in [2.45, 2.75) is 38.1 Å². The fourth-order valence-corrected chi connectivity index (χ4v) is 5.42. The van der Waals surface area contributed by atoms with E-state index in [2.05, 4.69) is 66.1 Å². The molecule has 2 heterocycles. The molecule has 1 aliphatic carbocycles. The van der Waals surface area contributed by atoms with Gasteiger partial charge in [0.25, 0.3) is 0 Å². The minimum absolute atomic E-state index is 0.101. The van der Waals surface area contributed by atoms with Crippen molar-refractivity contribution in [3.63, 3.8) is 0 Å². The van der Waals surface area contributed by atoms with E-state index in [1.54, 1.807) is 11.3 Å². The molecule has 0 saturated heterocycles. The second kappa shape index (κ2) is 7.53. The summed E-state index contributed by atoms with van der Waals surface area (Å²) < 4.78 is 0. The van der Waals surface area contributed by atoms with Crippen molar-refractivity contribution in [1.82, 2.24) is 0 Å². The van der Waals surface area contributed by atoms with Gasteiger partial charge in [0, 0.05) is 27.4 Å². The third kappa shape index (κ3) is 3.38. The Kier molecular flexibility index (Phi) is 4.72. The number of thiophene rings is 1. The molecule has 29 heavy (non-hydrogen) atoms. The monoisotopic (exact) mass is 400 g/mol. The van der Waals surface area contributed by atoms with Crippen LogP contribution in [0.3, 0.4) is 0 Å². The summed E-state index contributed by atoms with van der Waals surface area (Å²) in [5.74, 6) is 0.458. The van der Waals surface area contributed by atoms with Gasteiger partial charge in [-0.15, -0.1) is 11.3 Å². The van der Waals surface area contributed by atoms with Crippen molar-refractivity contribution in [1.29, 1.82) is 0 Å². The molecule has 0 saturated carbocycles. The Balaban J connectivity index is 1.60. The number of nitrogens with one attached hydrogen (secondary N) is 2. The lowest BCUT2D eigenvalue weighted by atomic mass is 9.79. The van der Waals surface area contributed by atoms with E-state index in [0.29, 0.717) is 6.42 Å². The van der Waals surface area contributed by atoms with Crippen LogP contribution in [-0.4, -0.2) is 5.78 Å². The molecule has 4 heteroatoms. The molecule has 0 fully saturated rings. The standard InChI is InChI=1S/C25H24N2OS/c1-2-18-12-13-23(29-18)25-24-21(26-19-10-6-7-11-20(19)27-25)14-17(15-22(24)28)16-8-4-3-5-9-16/h3-13,17,25-27H,2,14-15H2,1H3/t17-,25+/m0/s1. The largest absolute Gasteiger partial charge is 0.372 e. The Hall–Kier alpha value is -2.85. The molecule has 1 aliphatic heterocycles. The zero-order valence-corrected chi connectivity index (χ0v) is 17.3. The summed E-state index contributed by atoms with van der Waals surface area (Å²) in [6.07, 6.45) is 2.43. The van der Waals surface area contributed by atoms with Crippen LogP contribution >= 0.6 is 11.3 Å². The number of aryl methyl sites for hydroxylation is 1. The highest BCUT2D eigenvalue weighted by atomic mass is 32.1. The number of carbonyl (C=O) groups is 1. The predicted octanol–water partition coefficient (Wildman–Crippen LogP) is 6.29. The SMILES string of the molecule is CCc1ccc([C@H]2Nc3ccccc3NC3=C2C(=O)C[C@@H](c2ccccc2)C3)s1. The van der Waals surface area contributed by atoms with Crippen LogP contribution in [0.5, 0.6) is 0 Å². The van der Waals surface area contributed by atoms with Gasteiger partial charge in [-0.1, -0.05) is 49.4 Å². The fourth-order valence-electron chi connectivity index (χ4n) is 4.41. The van der Waals surface area contributed by atoms with Gasteiger partial charge >= 0.3 is 0 Å². The Morgan fingerprint density at radius 1 is 0.931 bits per heavy atom. The molecule has 0 radical (unpaired) electrons. The molecule has 2 aromatic carbocycles. The van der Waals surface area contributed by atoms with E-state index in [1.165, 1.54) is 15.3 Å². The minimum Gasteiger partial charge on any atom is -0.372 e. The van der Waals surface area contributed by atoms with E-state index in [1.807, 2.05) is 18.2 Å². The van der Waals surface area contributed by atoms with Crippen LogP contribution in [0.4, 0.5) is 11.4 Å². The zero-order chi connectivity index (χ0) is 19.8. The smallest absolute Gasteiger partial charge is 0.163 e. The molecule has 3 aromatic rings. The second-order valence-electron chi connectivity index (χ2n) is 7.74. The van der Waals surface area contributed by atoms with Gasteiger partial charge in [-0.05, 0) is 48.6 Å². The van der Waals surface area contributed by atoms with E-state index in [4.69, 9.17) is 0 Å². The first-order valence-corrected chi connectivity index (χ1v) is 11.1. The van der Waals surface area contributed by atoms with Gasteiger partial charge in [-0.3, -0.25) is 4.79 Å². The average molecular weight is 401 g/mol. The molecule has 2 N–H and O–H groups in total. The highest BCUT2D eigenvalue weighted by molar-refractivity contribution is 7.12. The summed E-state index contributed by atoms with van der Waals surface area (Å²) in [4.78, 5) is 16.0. The van der Waals surface area contributed by atoms with Crippen LogP contribution in [0.15, 0.2) is 78.0 Å². The zero-order valence-electron chi connectivity index (χ0n) is 16.4. The van der Waals surface area contributed by atoms with Gasteiger partial charge in [0.05, 0.1) is 17.4 Å². The van der Waals surface area contributed by atoms with Crippen LogP contribution in [0.1, 0.15) is 47.0 Å². The van der Waals surface area contributed by atoms with Crippen molar-refractivity contribution in [2.75, 3.05) is 10.6 Å². The Morgan fingerprint density at radius 2 is 1.69 bits per heavy atom. The van der Waals surface area contributed by atoms with Crippen LogP contribution in [-0.2, 0) is 11.2 Å². The normalized spacial score (nSPS) is 20.9. The number of para-hydroxylation sites is 2. The molecule has 0 unspecified atom stereocenters. The first-order chi connectivity index (χ1) is 14.2. The summed E-state index contributed by atoms with van der Waals surface area (Å²) >= 11 is 1.80. The number of carbonyl (C=O) groups excluding carboxylic acids is 1. The summed E-state index contributed by atoms with van der Waals surface area (Å²) in [6, 6.07) is 22.9. The minimum atomic E-state index is -0.101. The maximum atomic E-state index is 13.4. The van der Waals surface area contributed by atoms with Crippen molar-refractivity contribution < 1.29 is 4.79 Å². The molecule has 3 nitrogen and oxygen atoms in total. The van der Waals surface area contributed by atoms with Gasteiger partial charge in [0.2, 0.25) is 0 Å². The van der Waals surface area contributed by atoms with Crippen LogP contribution in [0.2, 0.25) is 0 Å². The third-order valence-corrected chi connectivity index (χ3v) is 7.19. The molecule has 2 atom stereocenters. The number of allylic oxidation sites excluding steroid dienone is 1. The third-order valence-electron chi connectivity index (χ3n) is 5.90. The Bertz CT molecular complexity index is 1080. The van der Waals surface area contributed by atoms with Gasteiger partial charge in [0.1, 0.15) is 0 Å². The number of hydrogen-bond donors (Lipinski definition) is 2. The van der Waals surface area contributed by atoms with Gasteiger partial charge in [-0.2, -0.15) is 0 Å². The molecule has 0 spiro atoms.